The lowest BCUT2D eigenvalue weighted by Gasteiger charge is -2.11. The zero-order valence-electron chi connectivity index (χ0n) is 10.4. The summed E-state index contributed by atoms with van der Waals surface area (Å²) in [5.41, 5.74) is 7.03. The molecular formula is C13H20BrNOS. The number of thioether (sulfide) groups is 1. The van der Waals surface area contributed by atoms with Crippen molar-refractivity contribution in [3.63, 3.8) is 0 Å². The van der Waals surface area contributed by atoms with Crippen LogP contribution < -0.4 is 10.5 Å². The third kappa shape index (κ3) is 5.80. The van der Waals surface area contributed by atoms with Crippen LogP contribution in [0.5, 0.6) is 5.75 Å². The van der Waals surface area contributed by atoms with Gasteiger partial charge in [0.25, 0.3) is 0 Å². The summed E-state index contributed by atoms with van der Waals surface area (Å²) in [7, 11) is 0. The molecule has 17 heavy (non-hydrogen) atoms. The molecule has 2 N–H and O–H groups in total. The van der Waals surface area contributed by atoms with E-state index in [-0.39, 0.29) is 6.04 Å². The molecule has 0 bridgehead atoms. The highest BCUT2D eigenvalue weighted by Gasteiger charge is 2.05. The van der Waals surface area contributed by atoms with Gasteiger partial charge in [-0.15, -0.1) is 0 Å². The summed E-state index contributed by atoms with van der Waals surface area (Å²) in [5.74, 6) is 2.08. The van der Waals surface area contributed by atoms with Gasteiger partial charge >= 0.3 is 0 Å². The molecule has 0 aliphatic rings. The van der Waals surface area contributed by atoms with Gasteiger partial charge in [-0.25, -0.2) is 0 Å². The fourth-order valence-corrected chi connectivity index (χ4v) is 2.35. The molecule has 0 saturated heterocycles. The standard InChI is InChI=1S/C13H20BrNOS/c1-10(15)8-11-9-12(4-5-13(11)14)16-6-3-7-17-2/h4-5,9-10H,3,6-8,15H2,1-2H3. The Morgan fingerprint density at radius 2 is 2.24 bits per heavy atom. The Morgan fingerprint density at radius 1 is 1.47 bits per heavy atom. The molecule has 0 fully saturated rings. The SMILES string of the molecule is CSCCCOc1ccc(Br)c(CC(C)N)c1. The van der Waals surface area contributed by atoms with Crippen LogP contribution in [0, 0.1) is 0 Å². The van der Waals surface area contributed by atoms with Gasteiger partial charge in [0.1, 0.15) is 5.75 Å². The van der Waals surface area contributed by atoms with Crippen molar-refractivity contribution in [2.75, 3.05) is 18.6 Å². The van der Waals surface area contributed by atoms with E-state index >= 15 is 0 Å². The quantitative estimate of drug-likeness (QED) is 0.782. The maximum atomic E-state index is 5.82. The average Bonchev–Trinajstić information content (AvgIpc) is 2.28. The van der Waals surface area contributed by atoms with Gasteiger partial charge in [-0.1, -0.05) is 15.9 Å². The maximum Gasteiger partial charge on any atom is 0.119 e. The normalized spacial score (nSPS) is 12.5. The summed E-state index contributed by atoms with van der Waals surface area (Å²) in [6.07, 6.45) is 4.06. The third-order valence-electron chi connectivity index (χ3n) is 2.32. The number of hydrogen-bond donors (Lipinski definition) is 1. The van der Waals surface area contributed by atoms with Crippen LogP contribution >= 0.6 is 27.7 Å². The summed E-state index contributed by atoms with van der Waals surface area (Å²) >= 11 is 5.38. The molecule has 1 rings (SSSR count). The minimum Gasteiger partial charge on any atom is -0.494 e. The Balaban J connectivity index is 2.55. The second-order valence-corrected chi connectivity index (χ2v) is 5.97. The van der Waals surface area contributed by atoms with E-state index in [1.54, 1.807) is 0 Å². The van der Waals surface area contributed by atoms with Crippen molar-refractivity contribution in [1.29, 1.82) is 0 Å². The molecule has 0 aromatic heterocycles. The van der Waals surface area contributed by atoms with Crippen LogP contribution in [-0.4, -0.2) is 24.7 Å². The van der Waals surface area contributed by atoms with Gasteiger partial charge < -0.3 is 10.5 Å². The molecule has 96 valence electrons. The van der Waals surface area contributed by atoms with Gasteiger partial charge in [-0.3, -0.25) is 0 Å². The second-order valence-electron chi connectivity index (χ2n) is 4.13. The van der Waals surface area contributed by atoms with E-state index < -0.39 is 0 Å². The van der Waals surface area contributed by atoms with Gasteiger partial charge in [-0.05, 0) is 55.5 Å². The Hall–Kier alpha value is -0.190. The van der Waals surface area contributed by atoms with Crippen LogP contribution in [0.15, 0.2) is 22.7 Å². The molecule has 0 amide bonds. The molecule has 4 heteroatoms. The lowest BCUT2D eigenvalue weighted by Crippen LogP contribution is -2.18. The van der Waals surface area contributed by atoms with Crippen molar-refractivity contribution in [3.05, 3.63) is 28.2 Å². The van der Waals surface area contributed by atoms with Crippen LogP contribution in [0.3, 0.4) is 0 Å². The Labute approximate surface area is 116 Å². The first kappa shape index (κ1) is 14.9. The molecule has 1 aromatic rings. The van der Waals surface area contributed by atoms with E-state index in [2.05, 4.69) is 28.3 Å². The van der Waals surface area contributed by atoms with Crippen LogP contribution in [0.2, 0.25) is 0 Å². The molecule has 1 atom stereocenters. The molecular weight excluding hydrogens is 298 g/mol. The van der Waals surface area contributed by atoms with Gasteiger partial charge in [-0.2, -0.15) is 11.8 Å². The molecule has 0 spiro atoms. The number of rotatable bonds is 7. The monoisotopic (exact) mass is 317 g/mol. The van der Waals surface area contributed by atoms with E-state index in [1.807, 2.05) is 30.8 Å². The first-order valence-corrected chi connectivity index (χ1v) is 7.98. The third-order valence-corrected chi connectivity index (χ3v) is 3.79. The number of hydrogen-bond acceptors (Lipinski definition) is 3. The number of benzene rings is 1. The highest BCUT2D eigenvalue weighted by Crippen LogP contribution is 2.23. The average molecular weight is 318 g/mol. The van der Waals surface area contributed by atoms with E-state index in [1.165, 1.54) is 5.56 Å². The Morgan fingerprint density at radius 3 is 2.88 bits per heavy atom. The van der Waals surface area contributed by atoms with Crippen molar-refractivity contribution in [2.45, 2.75) is 25.8 Å². The van der Waals surface area contributed by atoms with Crippen LogP contribution in [0.1, 0.15) is 18.9 Å². The van der Waals surface area contributed by atoms with Crippen molar-refractivity contribution in [3.8, 4) is 5.75 Å². The molecule has 0 saturated carbocycles. The molecule has 2 nitrogen and oxygen atoms in total. The van der Waals surface area contributed by atoms with E-state index in [9.17, 15) is 0 Å². The first-order valence-electron chi connectivity index (χ1n) is 5.79. The zero-order chi connectivity index (χ0) is 12.7. The lowest BCUT2D eigenvalue weighted by atomic mass is 10.1. The van der Waals surface area contributed by atoms with Gasteiger partial charge in [0.15, 0.2) is 0 Å². The fourth-order valence-electron chi connectivity index (χ4n) is 1.54. The van der Waals surface area contributed by atoms with E-state index in [0.717, 1.165) is 35.4 Å². The smallest absolute Gasteiger partial charge is 0.119 e. The second kappa shape index (κ2) is 8.01. The highest BCUT2D eigenvalue weighted by molar-refractivity contribution is 9.10. The van der Waals surface area contributed by atoms with Gasteiger partial charge in [0.05, 0.1) is 6.61 Å². The van der Waals surface area contributed by atoms with Crippen LogP contribution in [-0.2, 0) is 6.42 Å². The molecule has 0 radical (unpaired) electrons. The molecule has 0 heterocycles. The summed E-state index contributed by atoms with van der Waals surface area (Å²) in [6.45, 7) is 2.79. The summed E-state index contributed by atoms with van der Waals surface area (Å²) < 4.78 is 6.81. The van der Waals surface area contributed by atoms with Crippen LogP contribution in [0.4, 0.5) is 0 Å². The van der Waals surface area contributed by atoms with Crippen molar-refractivity contribution < 1.29 is 4.74 Å². The number of nitrogens with two attached hydrogens (primary N) is 1. The minimum absolute atomic E-state index is 0.165. The van der Waals surface area contributed by atoms with E-state index in [4.69, 9.17) is 10.5 Å². The lowest BCUT2D eigenvalue weighted by molar-refractivity contribution is 0.318. The first-order chi connectivity index (χ1) is 8.13. The summed E-state index contributed by atoms with van der Waals surface area (Å²) in [6, 6.07) is 6.26. The predicted octanol–water partition coefficient (Wildman–Crippen LogP) is 3.47. The number of ether oxygens (including phenoxy) is 1. The Kier molecular flexibility index (Phi) is 7.00. The topological polar surface area (TPSA) is 35.2 Å². The molecule has 1 aromatic carbocycles. The van der Waals surface area contributed by atoms with E-state index in [0.29, 0.717) is 0 Å². The van der Waals surface area contributed by atoms with Crippen molar-refractivity contribution >= 4 is 27.7 Å². The van der Waals surface area contributed by atoms with Crippen LogP contribution in [0.25, 0.3) is 0 Å². The summed E-state index contributed by atoms with van der Waals surface area (Å²) in [4.78, 5) is 0. The summed E-state index contributed by atoms with van der Waals surface area (Å²) in [5, 5.41) is 0. The maximum absolute atomic E-state index is 5.82. The number of halogens is 1. The largest absolute Gasteiger partial charge is 0.494 e. The zero-order valence-corrected chi connectivity index (χ0v) is 12.8. The molecule has 0 aliphatic carbocycles. The van der Waals surface area contributed by atoms with Crippen molar-refractivity contribution in [1.82, 2.24) is 0 Å². The predicted molar refractivity (Wildman–Crippen MR) is 80.0 cm³/mol. The molecule has 0 aliphatic heterocycles. The Bertz CT molecular complexity index is 344. The van der Waals surface area contributed by atoms with Gasteiger partial charge in [0, 0.05) is 10.5 Å². The highest BCUT2D eigenvalue weighted by atomic mass is 79.9. The molecule has 1 unspecified atom stereocenters. The van der Waals surface area contributed by atoms with Crippen molar-refractivity contribution in [2.24, 2.45) is 5.73 Å². The minimum atomic E-state index is 0.165. The van der Waals surface area contributed by atoms with Gasteiger partial charge in [0.2, 0.25) is 0 Å². The fraction of sp³-hybridized carbons (Fsp3) is 0.538.